The fraction of sp³-hybridized carbons (Fsp3) is 0.500. The highest BCUT2D eigenvalue weighted by Crippen LogP contribution is 2.28. The molecule has 1 aliphatic carbocycles. The van der Waals surface area contributed by atoms with Crippen LogP contribution in [0.3, 0.4) is 0 Å². The van der Waals surface area contributed by atoms with Crippen molar-refractivity contribution in [1.82, 2.24) is 20.1 Å². The molecule has 0 radical (unpaired) electrons. The summed E-state index contributed by atoms with van der Waals surface area (Å²) in [6, 6.07) is 5.51. The number of nitrogens with zero attached hydrogens (tertiary/aromatic N) is 3. The van der Waals surface area contributed by atoms with Crippen LogP contribution in [-0.4, -0.2) is 45.2 Å². The number of pyridine rings is 1. The number of nitrogens with one attached hydrogen (secondary N) is 1. The van der Waals surface area contributed by atoms with E-state index in [1.54, 1.807) is 31.5 Å². The molecule has 0 bridgehead atoms. The zero-order chi connectivity index (χ0) is 17.8. The molecule has 0 unspecified atom stereocenters. The molecule has 0 saturated heterocycles. The van der Waals surface area contributed by atoms with Gasteiger partial charge >= 0.3 is 0 Å². The smallest absolute Gasteiger partial charge is 0.272 e. The summed E-state index contributed by atoms with van der Waals surface area (Å²) in [5.74, 6) is -0.0665. The van der Waals surface area contributed by atoms with Crippen molar-refractivity contribution < 1.29 is 9.53 Å². The first-order chi connectivity index (χ1) is 12.1. The van der Waals surface area contributed by atoms with Crippen LogP contribution in [0.1, 0.15) is 47.6 Å². The summed E-state index contributed by atoms with van der Waals surface area (Å²) in [5.41, 5.74) is 2.00. The van der Waals surface area contributed by atoms with Crippen LogP contribution < -0.4 is 0 Å². The number of aromatic amines is 1. The van der Waals surface area contributed by atoms with Gasteiger partial charge in [-0.15, -0.1) is 0 Å². The van der Waals surface area contributed by atoms with Crippen LogP contribution in [0.5, 0.6) is 0 Å². The Bertz CT molecular complexity index is 725. The second-order valence-corrected chi connectivity index (χ2v) is 6.86. The number of amides is 1. The van der Waals surface area contributed by atoms with Crippen LogP contribution in [0.2, 0.25) is 5.02 Å². The Morgan fingerprint density at radius 1 is 1.40 bits per heavy atom. The molecule has 1 aliphatic rings. The van der Waals surface area contributed by atoms with Crippen molar-refractivity contribution in [3.05, 3.63) is 46.5 Å². The highest BCUT2D eigenvalue weighted by Gasteiger charge is 2.31. The second kappa shape index (κ2) is 7.97. The molecular weight excluding hydrogens is 340 g/mol. The molecule has 6 nitrogen and oxygen atoms in total. The third-order valence-electron chi connectivity index (χ3n) is 4.77. The van der Waals surface area contributed by atoms with Gasteiger partial charge in [-0.1, -0.05) is 11.6 Å². The van der Waals surface area contributed by atoms with Crippen LogP contribution in [0.4, 0.5) is 0 Å². The summed E-state index contributed by atoms with van der Waals surface area (Å²) in [6.45, 7) is 2.25. The molecule has 2 heterocycles. The van der Waals surface area contributed by atoms with Crippen LogP contribution in [-0.2, 0) is 11.3 Å². The van der Waals surface area contributed by atoms with Crippen molar-refractivity contribution in [3.8, 4) is 0 Å². The summed E-state index contributed by atoms with van der Waals surface area (Å²) >= 11 is 6.27. The van der Waals surface area contributed by atoms with Crippen LogP contribution in [0.25, 0.3) is 0 Å². The molecule has 2 aromatic rings. The first kappa shape index (κ1) is 17.9. The van der Waals surface area contributed by atoms with E-state index in [2.05, 4.69) is 15.2 Å². The van der Waals surface area contributed by atoms with Gasteiger partial charge in [0.05, 0.1) is 29.1 Å². The van der Waals surface area contributed by atoms with Crippen molar-refractivity contribution in [1.29, 1.82) is 0 Å². The molecule has 0 aromatic carbocycles. The summed E-state index contributed by atoms with van der Waals surface area (Å²) in [7, 11) is 1.74. The Morgan fingerprint density at radius 2 is 2.16 bits per heavy atom. The molecule has 2 aromatic heterocycles. The van der Waals surface area contributed by atoms with Gasteiger partial charge in [-0.05, 0) is 50.8 Å². The van der Waals surface area contributed by atoms with Gasteiger partial charge in [0.2, 0.25) is 0 Å². The van der Waals surface area contributed by atoms with E-state index in [0.29, 0.717) is 23.0 Å². The van der Waals surface area contributed by atoms with Crippen molar-refractivity contribution in [2.24, 2.45) is 0 Å². The van der Waals surface area contributed by atoms with Crippen molar-refractivity contribution in [2.75, 3.05) is 7.11 Å². The third-order valence-corrected chi connectivity index (χ3v) is 5.11. The summed E-state index contributed by atoms with van der Waals surface area (Å²) in [6.07, 6.45) is 5.68. The second-order valence-electron chi connectivity index (χ2n) is 6.45. The number of halogens is 1. The number of hydrogen-bond acceptors (Lipinski definition) is 4. The standard InChI is InChI=1S/C18H23ClN4O2/c1-12-10-16(22-21-12)18(24)23(11-17-15(19)4-3-9-20-17)13-5-7-14(25-2)8-6-13/h3-4,9-10,13-14H,5-8,11H2,1-2H3,(H,21,22)/t13-,14-. The SMILES string of the molecule is CO[C@H]1CC[C@H](N(Cc2ncccc2Cl)C(=O)c2cc(C)n[nH]2)CC1. The van der Waals surface area contributed by atoms with E-state index in [9.17, 15) is 4.79 Å². The zero-order valence-electron chi connectivity index (χ0n) is 14.5. The molecule has 1 N–H and O–H groups in total. The normalized spacial score (nSPS) is 20.4. The number of carbonyl (C=O) groups is 1. The van der Waals surface area contributed by atoms with Gasteiger partial charge in [0.1, 0.15) is 5.69 Å². The predicted octanol–water partition coefficient (Wildman–Crippen LogP) is 3.37. The number of H-pyrrole nitrogens is 1. The molecule has 1 fully saturated rings. The average Bonchev–Trinajstić information content (AvgIpc) is 3.07. The zero-order valence-corrected chi connectivity index (χ0v) is 15.3. The maximum Gasteiger partial charge on any atom is 0.272 e. The Kier molecular flexibility index (Phi) is 5.71. The fourth-order valence-corrected chi connectivity index (χ4v) is 3.52. The topological polar surface area (TPSA) is 71.1 Å². The Hall–Kier alpha value is -1.92. The molecule has 0 atom stereocenters. The number of aromatic nitrogens is 3. The third kappa shape index (κ3) is 4.19. The van der Waals surface area contributed by atoms with E-state index >= 15 is 0 Å². The fourth-order valence-electron chi connectivity index (χ4n) is 3.34. The quantitative estimate of drug-likeness (QED) is 0.885. The molecule has 25 heavy (non-hydrogen) atoms. The Labute approximate surface area is 152 Å². The van der Waals surface area contributed by atoms with Gasteiger partial charge in [0.15, 0.2) is 0 Å². The van der Waals surface area contributed by atoms with Crippen molar-refractivity contribution in [3.63, 3.8) is 0 Å². The van der Waals surface area contributed by atoms with Gasteiger partial charge in [0, 0.05) is 19.3 Å². The Morgan fingerprint density at radius 3 is 2.76 bits per heavy atom. The molecule has 3 rings (SSSR count). The van der Waals surface area contributed by atoms with E-state index in [1.807, 2.05) is 11.8 Å². The minimum absolute atomic E-state index is 0.0665. The summed E-state index contributed by atoms with van der Waals surface area (Å²) in [4.78, 5) is 19.3. The van der Waals surface area contributed by atoms with Crippen LogP contribution >= 0.6 is 11.6 Å². The van der Waals surface area contributed by atoms with E-state index < -0.39 is 0 Å². The molecule has 7 heteroatoms. The monoisotopic (exact) mass is 362 g/mol. The lowest BCUT2D eigenvalue weighted by atomic mass is 9.91. The van der Waals surface area contributed by atoms with Gasteiger partial charge in [-0.2, -0.15) is 5.10 Å². The first-order valence-electron chi connectivity index (χ1n) is 8.53. The molecule has 1 saturated carbocycles. The number of methoxy groups -OCH3 is 1. The summed E-state index contributed by atoms with van der Waals surface area (Å²) in [5, 5.41) is 7.48. The van der Waals surface area contributed by atoms with Crippen LogP contribution in [0, 0.1) is 6.92 Å². The van der Waals surface area contributed by atoms with E-state index in [1.165, 1.54) is 0 Å². The van der Waals surface area contributed by atoms with E-state index in [-0.39, 0.29) is 18.1 Å². The number of ether oxygens (including phenoxy) is 1. The lowest BCUT2D eigenvalue weighted by Gasteiger charge is -2.36. The maximum absolute atomic E-state index is 13.1. The van der Waals surface area contributed by atoms with Crippen molar-refractivity contribution >= 4 is 17.5 Å². The lowest BCUT2D eigenvalue weighted by molar-refractivity contribution is 0.0308. The molecule has 0 aliphatic heterocycles. The number of rotatable bonds is 5. The highest BCUT2D eigenvalue weighted by molar-refractivity contribution is 6.31. The average molecular weight is 363 g/mol. The minimum Gasteiger partial charge on any atom is -0.381 e. The minimum atomic E-state index is -0.0665. The van der Waals surface area contributed by atoms with E-state index in [0.717, 1.165) is 31.4 Å². The molecular formula is C18H23ClN4O2. The summed E-state index contributed by atoms with van der Waals surface area (Å²) < 4.78 is 5.45. The number of carbonyl (C=O) groups excluding carboxylic acids is 1. The van der Waals surface area contributed by atoms with Gasteiger partial charge in [0.25, 0.3) is 5.91 Å². The van der Waals surface area contributed by atoms with Crippen LogP contribution in [0.15, 0.2) is 24.4 Å². The maximum atomic E-state index is 13.1. The van der Waals surface area contributed by atoms with Gasteiger partial charge in [-0.3, -0.25) is 14.9 Å². The first-order valence-corrected chi connectivity index (χ1v) is 8.91. The largest absolute Gasteiger partial charge is 0.381 e. The van der Waals surface area contributed by atoms with E-state index in [4.69, 9.17) is 16.3 Å². The van der Waals surface area contributed by atoms with Crippen molar-refractivity contribution in [2.45, 2.75) is 51.3 Å². The van der Waals surface area contributed by atoms with Gasteiger partial charge in [-0.25, -0.2) is 0 Å². The predicted molar refractivity (Wildman–Crippen MR) is 95.5 cm³/mol. The Balaban J connectivity index is 1.83. The molecule has 134 valence electrons. The number of hydrogen-bond donors (Lipinski definition) is 1. The lowest BCUT2D eigenvalue weighted by Crippen LogP contribution is -2.43. The van der Waals surface area contributed by atoms with Gasteiger partial charge < -0.3 is 9.64 Å². The highest BCUT2D eigenvalue weighted by atomic mass is 35.5. The molecule has 0 spiro atoms. The molecule has 1 amide bonds. The number of aryl methyl sites for hydroxylation is 1.